The van der Waals surface area contributed by atoms with Crippen molar-refractivity contribution in [3.63, 3.8) is 0 Å². The average molecular weight is 320 g/mol. The van der Waals surface area contributed by atoms with E-state index in [1.165, 1.54) is 37.7 Å². The Kier molecular flexibility index (Phi) is 5.62. The highest BCUT2D eigenvalue weighted by Crippen LogP contribution is 2.23. The molecule has 0 aliphatic rings. The lowest BCUT2D eigenvalue weighted by Gasteiger charge is -2.08. The van der Waals surface area contributed by atoms with E-state index in [-0.39, 0.29) is 5.75 Å². The molecule has 1 heterocycles. The molecule has 0 atom stereocenters. The van der Waals surface area contributed by atoms with Crippen LogP contribution in [-0.2, 0) is 4.79 Å². The van der Waals surface area contributed by atoms with E-state index in [0.717, 1.165) is 0 Å². The molecule has 0 bridgehead atoms. The molecule has 23 heavy (non-hydrogen) atoms. The first-order chi connectivity index (χ1) is 11.1. The largest absolute Gasteiger partial charge is 0.494 e. The van der Waals surface area contributed by atoms with Gasteiger partial charge in [0.1, 0.15) is 17.2 Å². The number of hydrogen-bond acceptors (Lipinski definition) is 4. The molecule has 1 amide bonds. The number of alkyl halides is 2. The molecular weight excluding hydrogens is 306 g/mol. The van der Waals surface area contributed by atoms with Gasteiger partial charge < -0.3 is 14.8 Å². The topological polar surface area (TPSA) is 60.5 Å². The third-order valence-electron chi connectivity index (χ3n) is 2.81. The van der Waals surface area contributed by atoms with Gasteiger partial charge in [-0.05, 0) is 12.1 Å². The zero-order chi connectivity index (χ0) is 16.7. The fourth-order valence-electron chi connectivity index (χ4n) is 1.81. The average Bonchev–Trinajstić information content (AvgIpc) is 2.54. The Balaban J connectivity index is 2.10. The summed E-state index contributed by atoms with van der Waals surface area (Å²) < 4.78 is 34.1. The first-order valence-corrected chi connectivity index (χ1v) is 6.61. The van der Waals surface area contributed by atoms with Gasteiger partial charge in [0.15, 0.2) is 0 Å². The number of pyridine rings is 1. The summed E-state index contributed by atoms with van der Waals surface area (Å²) in [5, 5.41) is 2.59. The van der Waals surface area contributed by atoms with Crippen LogP contribution in [0.1, 0.15) is 5.56 Å². The maximum Gasteiger partial charge on any atom is 0.387 e. The zero-order valence-electron chi connectivity index (χ0n) is 12.2. The molecule has 0 unspecified atom stereocenters. The monoisotopic (exact) mass is 320 g/mol. The summed E-state index contributed by atoms with van der Waals surface area (Å²) in [7, 11) is 1.47. The van der Waals surface area contributed by atoms with Crippen LogP contribution in [0.15, 0.2) is 48.8 Å². The SMILES string of the molecule is COc1ccncc1NC(=O)/C=C/c1ccccc1OC(F)F. The van der Waals surface area contributed by atoms with E-state index in [2.05, 4.69) is 15.0 Å². The lowest BCUT2D eigenvalue weighted by atomic mass is 10.2. The van der Waals surface area contributed by atoms with Crippen LogP contribution in [0.25, 0.3) is 6.08 Å². The van der Waals surface area contributed by atoms with Gasteiger partial charge in [0.2, 0.25) is 5.91 Å². The number of ether oxygens (including phenoxy) is 2. The van der Waals surface area contributed by atoms with Gasteiger partial charge in [-0.15, -0.1) is 0 Å². The van der Waals surface area contributed by atoms with Crippen molar-refractivity contribution in [2.45, 2.75) is 6.61 Å². The fraction of sp³-hybridized carbons (Fsp3) is 0.125. The van der Waals surface area contributed by atoms with Crippen molar-refractivity contribution >= 4 is 17.7 Å². The predicted octanol–water partition coefficient (Wildman–Crippen LogP) is 3.34. The number of nitrogens with one attached hydrogen (secondary N) is 1. The van der Waals surface area contributed by atoms with E-state index >= 15 is 0 Å². The second-order valence-electron chi connectivity index (χ2n) is 4.31. The van der Waals surface area contributed by atoms with E-state index in [9.17, 15) is 13.6 Å². The second-order valence-corrected chi connectivity index (χ2v) is 4.31. The number of para-hydroxylation sites is 1. The van der Waals surface area contributed by atoms with Gasteiger partial charge in [0.05, 0.1) is 13.3 Å². The summed E-state index contributed by atoms with van der Waals surface area (Å²) in [6.45, 7) is -2.93. The van der Waals surface area contributed by atoms with Crippen molar-refractivity contribution < 1.29 is 23.0 Å². The van der Waals surface area contributed by atoms with E-state index in [1.807, 2.05) is 0 Å². The van der Waals surface area contributed by atoms with E-state index in [1.54, 1.807) is 24.3 Å². The molecule has 2 aromatic rings. The first-order valence-electron chi connectivity index (χ1n) is 6.61. The standard InChI is InChI=1S/C16H14F2N2O3/c1-22-14-8-9-19-10-12(14)20-15(21)7-6-11-4-2-3-5-13(11)23-16(17)18/h2-10,16H,1H3,(H,20,21)/b7-6+. The van der Waals surface area contributed by atoms with Gasteiger partial charge in [0, 0.05) is 23.9 Å². The number of benzene rings is 1. The smallest absolute Gasteiger partial charge is 0.387 e. The number of nitrogens with zero attached hydrogens (tertiary/aromatic N) is 1. The minimum atomic E-state index is -2.93. The normalized spacial score (nSPS) is 10.8. The summed E-state index contributed by atoms with van der Waals surface area (Å²) >= 11 is 0. The Morgan fingerprint density at radius 2 is 2.04 bits per heavy atom. The lowest BCUT2D eigenvalue weighted by molar-refractivity contribution is -0.111. The summed E-state index contributed by atoms with van der Waals surface area (Å²) in [6, 6.07) is 7.78. The highest BCUT2D eigenvalue weighted by atomic mass is 19.3. The number of aromatic nitrogens is 1. The highest BCUT2D eigenvalue weighted by Gasteiger charge is 2.08. The van der Waals surface area contributed by atoms with E-state index in [0.29, 0.717) is 17.0 Å². The van der Waals surface area contributed by atoms with Crippen LogP contribution in [0.2, 0.25) is 0 Å². The Morgan fingerprint density at radius 1 is 1.26 bits per heavy atom. The van der Waals surface area contributed by atoms with Crippen molar-refractivity contribution in [3.8, 4) is 11.5 Å². The summed E-state index contributed by atoms with van der Waals surface area (Å²) in [6.07, 6.45) is 5.57. The summed E-state index contributed by atoms with van der Waals surface area (Å²) in [5.74, 6) is -0.00292. The molecule has 2 rings (SSSR count). The molecule has 7 heteroatoms. The number of anilines is 1. The quantitative estimate of drug-likeness (QED) is 0.829. The molecular formula is C16H14F2N2O3. The third kappa shape index (κ3) is 4.77. The Hall–Kier alpha value is -2.96. The Labute approximate surface area is 131 Å². The molecule has 0 spiro atoms. The number of hydrogen-bond donors (Lipinski definition) is 1. The van der Waals surface area contributed by atoms with Crippen molar-refractivity contribution in [1.82, 2.24) is 4.98 Å². The van der Waals surface area contributed by atoms with Gasteiger partial charge in [-0.1, -0.05) is 18.2 Å². The fourth-order valence-corrected chi connectivity index (χ4v) is 1.81. The number of halogens is 2. The van der Waals surface area contributed by atoms with Crippen LogP contribution < -0.4 is 14.8 Å². The number of carbonyl (C=O) groups excluding carboxylic acids is 1. The van der Waals surface area contributed by atoms with E-state index in [4.69, 9.17) is 4.74 Å². The van der Waals surface area contributed by atoms with Gasteiger partial charge in [-0.3, -0.25) is 9.78 Å². The van der Waals surface area contributed by atoms with Crippen LogP contribution in [0.5, 0.6) is 11.5 Å². The summed E-state index contributed by atoms with van der Waals surface area (Å²) in [5.41, 5.74) is 0.767. The minimum absolute atomic E-state index is 0.00879. The Bertz CT molecular complexity index is 705. The first kappa shape index (κ1) is 16.4. The molecule has 0 aliphatic carbocycles. The Morgan fingerprint density at radius 3 is 2.78 bits per heavy atom. The molecule has 1 aromatic carbocycles. The molecule has 0 saturated heterocycles. The molecule has 1 N–H and O–H groups in total. The molecule has 1 aromatic heterocycles. The van der Waals surface area contributed by atoms with Gasteiger partial charge >= 0.3 is 6.61 Å². The van der Waals surface area contributed by atoms with Crippen LogP contribution in [0, 0.1) is 0 Å². The summed E-state index contributed by atoms with van der Waals surface area (Å²) in [4.78, 5) is 15.8. The number of carbonyl (C=O) groups is 1. The van der Waals surface area contributed by atoms with Gasteiger partial charge in [0.25, 0.3) is 0 Å². The minimum Gasteiger partial charge on any atom is -0.494 e. The predicted molar refractivity (Wildman–Crippen MR) is 81.5 cm³/mol. The molecule has 0 fully saturated rings. The third-order valence-corrected chi connectivity index (χ3v) is 2.81. The van der Waals surface area contributed by atoms with Crippen molar-refractivity contribution in [2.24, 2.45) is 0 Å². The van der Waals surface area contributed by atoms with Crippen LogP contribution >= 0.6 is 0 Å². The molecule has 0 saturated carbocycles. The molecule has 0 radical (unpaired) electrons. The molecule has 120 valence electrons. The van der Waals surface area contributed by atoms with Crippen molar-refractivity contribution in [3.05, 3.63) is 54.4 Å². The van der Waals surface area contributed by atoms with Gasteiger partial charge in [-0.25, -0.2) is 0 Å². The molecule has 5 nitrogen and oxygen atoms in total. The zero-order valence-corrected chi connectivity index (χ0v) is 12.2. The van der Waals surface area contributed by atoms with Crippen molar-refractivity contribution in [1.29, 1.82) is 0 Å². The molecule has 0 aliphatic heterocycles. The van der Waals surface area contributed by atoms with Crippen molar-refractivity contribution in [2.75, 3.05) is 12.4 Å². The van der Waals surface area contributed by atoms with Crippen LogP contribution in [0.3, 0.4) is 0 Å². The number of amides is 1. The highest BCUT2D eigenvalue weighted by molar-refractivity contribution is 6.02. The second kappa shape index (κ2) is 7.88. The van der Waals surface area contributed by atoms with Gasteiger partial charge in [-0.2, -0.15) is 8.78 Å². The van der Waals surface area contributed by atoms with Crippen LogP contribution in [-0.4, -0.2) is 24.6 Å². The van der Waals surface area contributed by atoms with E-state index < -0.39 is 12.5 Å². The van der Waals surface area contributed by atoms with Crippen LogP contribution in [0.4, 0.5) is 14.5 Å². The number of rotatable bonds is 6. The maximum atomic E-state index is 12.3. The number of methoxy groups -OCH3 is 1. The lowest BCUT2D eigenvalue weighted by Crippen LogP contribution is -2.09. The maximum absolute atomic E-state index is 12.3.